The molecule has 6 nitrogen and oxygen atoms in total. The average molecular weight is 302 g/mol. The Labute approximate surface area is 122 Å². The summed E-state index contributed by atoms with van der Waals surface area (Å²) in [6.07, 6.45) is 1.80. The molecule has 0 unspecified atom stereocenters. The molecule has 0 atom stereocenters. The highest BCUT2D eigenvalue weighted by molar-refractivity contribution is 7.23. The number of aryl methyl sites for hydroxylation is 1. The van der Waals surface area contributed by atoms with Gasteiger partial charge in [0.2, 0.25) is 4.96 Å². The second-order valence-corrected chi connectivity index (χ2v) is 6.27. The van der Waals surface area contributed by atoms with E-state index in [0.29, 0.717) is 0 Å². The lowest BCUT2D eigenvalue weighted by atomic mass is 10.2. The summed E-state index contributed by atoms with van der Waals surface area (Å²) in [5, 5.41) is 20.3. The molecule has 0 fully saturated rings. The molecule has 0 aliphatic rings. The highest BCUT2D eigenvalue weighted by Gasteiger charge is 2.17. The van der Waals surface area contributed by atoms with E-state index in [1.54, 1.807) is 33.4 Å². The summed E-state index contributed by atoms with van der Waals surface area (Å²) in [7, 11) is 1.91. The first-order valence-electron chi connectivity index (χ1n) is 5.99. The minimum absolute atomic E-state index is 0.740. The van der Waals surface area contributed by atoms with Crippen molar-refractivity contribution >= 4 is 27.6 Å². The third kappa shape index (κ3) is 1.61. The lowest BCUT2D eigenvalue weighted by molar-refractivity contribution is 0.740. The normalized spacial score (nSPS) is 11.5. The van der Waals surface area contributed by atoms with Crippen LogP contribution in [0.5, 0.6) is 0 Å². The van der Waals surface area contributed by atoms with E-state index in [1.807, 2.05) is 30.1 Å². The topological polar surface area (TPSA) is 60.9 Å². The van der Waals surface area contributed by atoms with Gasteiger partial charge in [-0.15, -0.1) is 21.5 Å². The van der Waals surface area contributed by atoms with Crippen molar-refractivity contribution < 1.29 is 0 Å². The smallest absolute Gasteiger partial charge is 0.235 e. The molecule has 8 heteroatoms. The fourth-order valence-electron chi connectivity index (χ4n) is 2.00. The largest absolute Gasteiger partial charge is 0.272 e. The second kappa shape index (κ2) is 4.22. The van der Waals surface area contributed by atoms with Gasteiger partial charge in [-0.05, 0) is 18.4 Å². The summed E-state index contributed by atoms with van der Waals surface area (Å²) in [4.78, 5) is 1.95. The Morgan fingerprint density at radius 2 is 2.15 bits per heavy atom. The van der Waals surface area contributed by atoms with Crippen LogP contribution in [-0.2, 0) is 7.05 Å². The highest BCUT2D eigenvalue weighted by atomic mass is 32.1. The quantitative estimate of drug-likeness (QED) is 0.571. The first-order chi connectivity index (χ1) is 9.74. The van der Waals surface area contributed by atoms with Crippen molar-refractivity contribution in [3.63, 3.8) is 0 Å². The van der Waals surface area contributed by atoms with Gasteiger partial charge in [0, 0.05) is 12.7 Å². The molecule has 0 bridgehead atoms. The monoisotopic (exact) mass is 302 g/mol. The van der Waals surface area contributed by atoms with E-state index in [2.05, 4.69) is 26.5 Å². The third-order valence-corrected chi connectivity index (χ3v) is 5.14. The van der Waals surface area contributed by atoms with Crippen LogP contribution in [0.3, 0.4) is 0 Å². The van der Waals surface area contributed by atoms with Gasteiger partial charge in [0.1, 0.15) is 0 Å². The van der Waals surface area contributed by atoms with E-state index < -0.39 is 0 Å². The van der Waals surface area contributed by atoms with Crippen LogP contribution in [0.15, 0.2) is 23.7 Å². The van der Waals surface area contributed by atoms with E-state index in [9.17, 15) is 0 Å². The molecular weight excluding hydrogens is 292 g/mol. The Kier molecular flexibility index (Phi) is 2.48. The van der Waals surface area contributed by atoms with Crippen LogP contribution in [0.4, 0.5) is 0 Å². The Bertz CT molecular complexity index is 883. The zero-order chi connectivity index (χ0) is 13.7. The molecule has 0 saturated carbocycles. The molecule has 0 aromatic carbocycles. The molecule has 0 amide bonds. The van der Waals surface area contributed by atoms with E-state index in [-0.39, 0.29) is 0 Å². The van der Waals surface area contributed by atoms with Crippen molar-refractivity contribution in [2.75, 3.05) is 0 Å². The van der Waals surface area contributed by atoms with Gasteiger partial charge in [-0.1, -0.05) is 17.4 Å². The highest BCUT2D eigenvalue weighted by Crippen LogP contribution is 2.31. The van der Waals surface area contributed by atoms with Crippen LogP contribution in [0.2, 0.25) is 0 Å². The summed E-state index contributed by atoms with van der Waals surface area (Å²) >= 11 is 3.22. The molecular formula is C12H10N6S2. The SMILES string of the molecule is Cc1c(-c2nnc3sc(-c4cccs4)nn23)cnn1C. The van der Waals surface area contributed by atoms with Crippen LogP contribution in [0.25, 0.3) is 26.2 Å². The summed E-state index contributed by atoms with van der Waals surface area (Å²) in [5.41, 5.74) is 2.01. The predicted molar refractivity (Wildman–Crippen MR) is 78.9 cm³/mol. The van der Waals surface area contributed by atoms with E-state index in [1.165, 1.54) is 0 Å². The van der Waals surface area contributed by atoms with Crippen molar-refractivity contribution in [3.8, 4) is 21.3 Å². The first-order valence-corrected chi connectivity index (χ1v) is 7.69. The minimum atomic E-state index is 0.740. The maximum Gasteiger partial charge on any atom is 0.235 e. The number of aromatic nitrogens is 6. The van der Waals surface area contributed by atoms with Gasteiger partial charge < -0.3 is 0 Å². The average Bonchev–Trinajstić information content (AvgIpc) is 3.16. The number of fused-ring (bicyclic) bond motifs is 1. The van der Waals surface area contributed by atoms with Gasteiger partial charge in [0.05, 0.1) is 16.6 Å². The fourth-order valence-corrected chi connectivity index (χ4v) is 3.63. The summed E-state index contributed by atoms with van der Waals surface area (Å²) < 4.78 is 3.62. The molecule has 4 aromatic heterocycles. The molecule has 4 rings (SSSR count). The van der Waals surface area contributed by atoms with Gasteiger partial charge in [-0.2, -0.15) is 14.7 Å². The molecule has 0 aliphatic heterocycles. The van der Waals surface area contributed by atoms with E-state index >= 15 is 0 Å². The number of rotatable bonds is 2. The molecule has 0 spiro atoms. The maximum absolute atomic E-state index is 4.63. The Hall–Kier alpha value is -2.06. The summed E-state index contributed by atoms with van der Waals surface area (Å²) in [6.45, 7) is 2.01. The molecule has 0 radical (unpaired) electrons. The minimum Gasteiger partial charge on any atom is -0.272 e. The van der Waals surface area contributed by atoms with Crippen LogP contribution >= 0.6 is 22.7 Å². The number of thiophene rings is 1. The third-order valence-electron chi connectivity index (χ3n) is 3.20. The van der Waals surface area contributed by atoms with E-state index in [0.717, 1.165) is 31.9 Å². The molecule has 0 aliphatic carbocycles. The van der Waals surface area contributed by atoms with Crippen molar-refractivity contribution in [3.05, 3.63) is 29.4 Å². The van der Waals surface area contributed by atoms with Crippen molar-refractivity contribution in [2.24, 2.45) is 7.05 Å². The summed E-state index contributed by atoms with van der Waals surface area (Å²) in [5.74, 6) is 0.740. The standard InChI is InChI=1S/C12H10N6S2/c1-7-8(6-13-17(7)2)10-14-15-12-18(10)16-11(20-12)9-4-3-5-19-9/h3-6H,1-2H3. The molecule has 100 valence electrons. The fraction of sp³-hybridized carbons (Fsp3) is 0.167. The lowest BCUT2D eigenvalue weighted by Gasteiger charge is -1.96. The van der Waals surface area contributed by atoms with Gasteiger partial charge in [0.25, 0.3) is 0 Å². The van der Waals surface area contributed by atoms with Crippen molar-refractivity contribution in [2.45, 2.75) is 6.92 Å². The zero-order valence-electron chi connectivity index (χ0n) is 10.8. The van der Waals surface area contributed by atoms with Crippen LogP contribution in [0.1, 0.15) is 5.69 Å². The second-order valence-electron chi connectivity index (χ2n) is 4.37. The maximum atomic E-state index is 4.63. The van der Waals surface area contributed by atoms with Gasteiger partial charge in [0.15, 0.2) is 10.8 Å². The van der Waals surface area contributed by atoms with Gasteiger partial charge >= 0.3 is 0 Å². The van der Waals surface area contributed by atoms with Crippen molar-refractivity contribution in [1.82, 2.24) is 29.6 Å². The zero-order valence-corrected chi connectivity index (χ0v) is 12.4. The molecule has 20 heavy (non-hydrogen) atoms. The van der Waals surface area contributed by atoms with Crippen molar-refractivity contribution in [1.29, 1.82) is 0 Å². The van der Waals surface area contributed by atoms with Gasteiger partial charge in [-0.25, -0.2) is 0 Å². The first kappa shape index (κ1) is 11.7. The molecule has 0 saturated heterocycles. The lowest BCUT2D eigenvalue weighted by Crippen LogP contribution is -1.95. The molecule has 4 heterocycles. The number of hydrogen-bond donors (Lipinski definition) is 0. The Balaban J connectivity index is 1.91. The Morgan fingerprint density at radius 3 is 2.85 bits per heavy atom. The Morgan fingerprint density at radius 1 is 1.25 bits per heavy atom. The molecule has 4 aromatic rings. The number of nitrogens with zero attached hydrogens (tertiary/aromatic N) is 6. The predicted octanol–water partition coefficient (Wildman–Crippen LogP) is 2.62. The van der Waals surface area contributed by atoms with Crippen LogP contribution < -0.4 is 0 Å². The van der Waals surface area contributed by atoms with Crippen LogP contribution in [-0.4, -0.2) is 29.6 Å². The van der Waals surface area contributed by atoms with Crippen LogP contribution in [0, 0.1) is 6.92 Å². The van der Waals surface area contributed by atoms with Gasteiger partial charge in [-0.3, -0.25) is 4.68 Å². The van der Waals surface area contributed by atoms with E-state index in [4.69, 9.17) is 0 Å². The molecule has 0 N–H and O–H groups in total. The number of hydrogen-bond acceptors (Lipinski definition) is 6. The summed E-state index contributed by atoms with van der Waals surface area (Å²) in [6, 6.07) is 4.08.